The van der Waals surface area contributed by atoms with Crippen molar-refractivity contribution in [2.45, 2.75) is 28.7 Å². The second kappa shape index (κ2) is 8.69. The van der Waals surface area contributed by atoms with Crippen molar-refractivity contribution in [3.05, 3.63) is 89.5 Å². The zero-order chi connectivity index (χ0) is 22.2. The maximum absolute atomic E-state index is 13.0. The number of aromatic nitrogens is 2. The van der Waals surface area contributed by atoms with E-state index in [1.807, 2.05) is 40.6 Å². The van der Waals surface area contributed by atoms with Gasteiger partial charge in [0.05, 0.1) is 28.6 Å². The van der Waals surface area contributed by atoms with Crippen LogP contribution in [0.15, 0.2) is 93.7 Å². The van der Waals surface area contributed by atoms with Crippen LogP contribution < -0.4 is 10.5 Å². The first-order chi connectivity index (χ1) is 16.3. The maximum Gasteiger partial charge on any atom is 0.261 e. The van der Waals surface area contributed by atoms with Crippen LogP contribution in [0.3, 0.4) is 0 Å². The highest BCUT2D eigenvalue weighted by atomic mass is 32.2. The Bertz CT molecular complexity index is 1310. The number of benzene rings is 3. The molecule has 0 radical (unpaired) electrons. The lowest BCUT2D eigenvalue weighted by atomic mass is 10.0. The zero-order valence-electron chi connectivity index (χ0n) is 18.4. The smallest absolute Gasteiger partial charge is 0.261 e. The van der Waals surface area contributed by atoms with Crippen molar-refractivity contribution in [1.29, 1.82) is 0 Å². The van der Waals surface area contributed by atoms with Crippen molar-refractivity contribution in [3.63, 3.8) is 0 Å². The lowest BCUT2D eigenvalue weighted by Crippen LogP contribution is -2.41. The van der Waals surface area contributed by atoms with Crippen molar-refractivity contribution in [2.75, 3.05) is 31.1 Å². The third-order valence-corrected chi connectivity index (χ3v) is 7.94. The van der Waals surface area contributed by atoms with Crippen LogP contribution in [0.2, 0.25) is 0 Å². The van der Waals surface area contributed by atoms with Crippen molar-refractivity contribution < 1.29 is 0 Å². The highest BCUT2D eigenvalue weighted by Crippen LogP contribution is 2.47. The summed E-state index contributed by atoms with van der Waals surface area (Å²) < 4.78 is 1.86. The summed E-state index contributed by atoms with van der Waals surface area (Å²) in [5, 5.41) is 0.711. The first kappa shape index (κ1) is 20.5. The van der Waals surface area contributed by atoms with E-state index in [2.05, 4.69) is 63.3 Å². The summed E-state index contributed by atoms with van der Waals surface area (Å²) in [7, 11) is 0. The molecule has 6 heteroatoms. The number of nitrogens with zero attached hydrogens (tertiary/aromatic N) is 4. The molecule has 0 unspecified atom stereocenters. The van der Waals surface area contributed by atoms with E-state index in [1.165, 1.54) is 21.2 Å². The highest BCUT2D eigenvalue weighted by molar-refractivity contribution is 7.99. The van der Waals surface area contributed by atoms with Crippen LogP contribution >= 0.6 is 11.8 Å². The number of hydrogen-bond donors (Lipinski definition) is 0. The molecular formula is C27H26N4OS. The average Bonchev–Trinajstić information content (AvgIpc) is 2.87. The van der Waals surface area contributed by atoms with Crippen molar-refractivity contribution in [1.82, 2.24) is 14.5 Å². The average molecular weight is 455 g/mol. The van der Waals surface area contributed by atoms with E-state index in [0.29, 0.717) is 5.39 Å². The minimum absolute atomic E-state index is 0.0816. The van der Waals surface area contributed by atoms with Crippen molar-refractivity contribution in [2.24, 2.45) is 0 Å². The third-order valence-electron chi connectivity index (χ3n) is 6.81. The quantitative estimate of drug-likeness (QED) is 0.417. The molecule has 6 rings (SSSR count). The predicted octanol–water partition coefficient (Wildman–Crippen LogP) is 5.34. The van der Waals surface area contributed by atoms with E-state index >= 15 is 0 Å². The van der Waals surface area contributed by atoms with Gasteiger partial charge in [-0.1, -0.05) is 48.2 Å². The van der Waals surface area contributed by atoms with Crippen LogP contribution in [0.1, 0.15) is 18.9 Å². The van der Waals surface area contributed by atoms with Gasteiger partial charge in [0.2, 0.25) is 0 Å². The molecule has 0 amide bonds. The molecule has 4 aromatic rings. The topological polar surface area (TPSA) is 41.4 Å². The number of anilines is 2. The Balaban J connectivity index is 1.15. The minimum Gasteiger partial charge on any atom is -0.338 e. The molecule has 1 saturated heterocycles. The van der Waals surface area contributed by atoms with Crippen molar-refractivity contribution in [3.8, 4) is 0 Å². The molecular weight excluding hydrogens is 428 g/mol. The number of likely N-dealkylation sites (tertiary alicyclic amines) is 1. The molecule has 2 aliphatic heterocycles. The number of fused-ring (bicyclic) bond motifs is 3. The molecule has 3 aromatic carbocycles. The Morgan fingerprint density at radius 2 is 1.45 bits per heavy atom. The fourth-order valence-electron chi connectivity index (χ4n) is 5.03. The molecule has 1 fully saturated rings. The predicted molar refractivity (Wildman–Crippen MR) is 135 cm³/mol. The first-order valence-corrected chi connectivity index (χ1v) is 12.4. The molecule has 0 N–H and O–H groups in total. The van der Waals surface area contributed by atoms with Gasteiger partial charge in [0, 0.05) is 42.0 Å². The first-order valence-electron chi connectivity index (χ1n) is 11.6. The number of rotatable bonds is 4. The standard InChI is InChI=1S/C27H26N4OS/c32-27-21-7-1-2-8-22(21)28-19-31(27)20-13-15-29(16-14-20)17-18-30-23-9-3-5-11-25(23)33-26-12-6-4-10-24(26)30/h1-12,19-20H,13-18H2. The van der Waals surface area contributed by atoms with Crippen LogP contribution in [-0.2, 0) is 0 Å². The summed E-state index contributed by atoms with van der Waals surface area (Å²) in [6.07, 6.45) is 3.69. The van der Waals surface area contributed by atoms with Crippen molar-refractivity contribution >= 4 is 34.0 Å². The highest BCUT2D eigenvalue weighted by Gasteiger charge is 2.25. The second-order valence-electron chi connectivity index (χ2n) is 8.74. The van der Waals surface area contributed by atoms with Gasteiger partial charge in [-0.25, -0.2) is 4.98 Å². The Kier molecular flexibility index (Phi) is 5.40. The lowest BCUT2D eigenvalue weighted by molar-refractivity contribution is 0.188. The van der Waals surface area contributed by atoms with Gasteiger partial charge in [-0.15, -0.1) is 0 Å². The summed E-state index contributed by atoms with van der Waals surface area (Å²) in [6.45, 7) is 3.95. The lowest BCUT2D eigenvalue weighted by Gasteiger charge is -2.37. The van der Waals surface area contributed by atoms with Gasteiger partial charge in [-0.2, -0.15) is 0 Å². The van der Waals surface area contributed by atoms with Gasteiger partial charge < -0.3 is 9.80 Å². The number of para-hydroxylation sites is 3. The Morgan fingerprint density at radius 3 is 2.18 bits per heavy atom. The maximum atomic E-state index is 13.0. The van der Waals surface area contributed by atoms with Gasteiger partial charge in [-0.05, 0) is 49.2 Å². The van der Waals surface area contributed by atoms with Gasteiger partial charge in [0.15, 0.2) is 0 Å². The van der Waals surface area contributed by atoms with Gasteiger partial charge >= 0.3 is 0 Å². The van der Waals surface area contributed by atoms with E-state index in [-0.39, 0.29) is 11.6 Å². The van der Waals surface area contributed by atoms with Crippen LogP contribution in [0, 0.1) is 0 Å². The summed E-state index contributed by atoms with van der Waals surface area (Å²) in [6, 6.07) is 25.2. The molecule has 0 bridgehead atoms. The molecule has 3 heterocycles. The van der Waals surface area contributed by atoms with Gasteiger partial charge in [0.1, 0.15) is 0 Å². The molecule has 0 saturated carbocycles. The second-order valence-corrected chi connectivity index (χ2v) is 9.82. The summed E-state index contributed by atoms with van der Waals surface area (Å²) in [5.74, 6) is 0. The Labute approximate surface area is 197 Å². The van der Waals surface area contributed by atoms with E-state index < -0.39 is 0 Å². The fourth-order valence-corrected chi connectivity index (χ4v) is 6.12. The third kappa shape index (κ3) is 3.83. The number of hydrogen-bond acceptors (Lipinski definition) is 5. The van der Waals surface area contributed by atoms with E-state index in [0.717, 1.165) is 44.5 Å². The molecule has 0 atom stereocenters. The summed E-state index contributed by atoms with van der Waals surface area (Å²) >= 11 is 1.85. The Morgan fingerprint density at radius 1 is 0.818 bits per heavy atom. The van der Waals surface area contributed by atoms with Crippen LogP contribution in [0.25, 0.3) is 10.9 Å². The largest absolute Gasteiger partial charge is 0.338 e. The Hall–Kier alpha value is -3.09. The fraction of sp³-hybridized carbons (Fsp3) is 0.259. The van der Waals surface area contributed by atoms with Crippen LogP contribution in [-0.4, -0.2) is 40.6 Å². The molecule has 2 aliphatic rings. The molecule has 0 aliphatic carbocycles. The molecule has 166 valence electrons. The summed E-state index contributed by atoms with van der Waals surface area (Å²) in [4.78, 5) is 25.1. The number of piperidine rings is 1. The normalized spacial score (nSPS) is 16.5. The zero-order valence-corrected chi connectivity index (χ0v) is 19.2. The van der Waals surface area contributed by atoms with Crippen LogP contribution in [0.4, 0.5) is 11.4 Å². The molecule has 1 aromatic heterocycles. The van der Waals surface area contributed by atoms with Gasteiger partial charge in [0.25, 0.3) is 5.56 Å². The van der Waals surface area contributed by atoms with E-state index in [9.17, 15) is 4.79 Å². The molecule has 33 heavy (non-hydrogen) atoms. The summed E-state index contributed by atoms with van der Waals surface area (Å²) in [5.41, 5.74) is 3.45. The SMILES string of the molecule is O=c1c2ccccc2ncn1C1CCN(CCN2c3ccccc3Sc3ccccc32)CC1. The monoisotopic (exact) mass is 454 g/mol. The van der Waals surface area contributed by atoms with Crippen LogP contribution in [0.5, 0.6) is 0 Å². The molecule has 0 spiro atoms. The van der Waals surface area contributed by atoms with Gasteiger partial charge in [-0.3, -0.25) is 9.36 Å². The molecule has 5 nitrogen and oxygen atoms in total. The van der Waals surface area contributed by atoms with E-state index in [4.69, 9.17) is 0 Å². The van der Waals surface area contributed by atoms with E-state index in [1.54, 1.807) is 6.33 Å². The minimum atomic E-state index is 0.0816.